The highest BCUT2D eigenvalue weighted by atomic mass is 16.5. The van der Waals surface area contributed by atoms with Crippen molar-refractivity contribution < 1.29 is 9.53 Å². The van der Waals surface area contributed by atoms with Crippen LogP contribution in [0.2, 0.25) is 0 Å². The van der Waals surface area contributed by atoms with Gasteiger partial charge in [-0.25, -0.2) is 4.79 Å². The molecule has 0 aliphatic heterocycles. The predicted molar refractivity (Wildman–Crippen MR) is 56.2 cm³/mol. The van der Waals surface area contributed by atoms with Crippen LogP contribution in [0.15, 0.2) is 0 Å². The number of hydrogen-bond donors (Lipinski definition) is 0. The Bertz CT molecular complexity index is 186. The molecule has 82 valence electrons. The highest BCUT2D eigenvalue weighted by Gasteiger charge is 2.25. The van der Waals surface area contributed by atoms with Crippen LogP contribution in [0.4, 0.5) is 4.79 Å². The fourth-order valence-corrected chi connectivity index (χ4v) is 2.23. The van der Waals surface area contributed by atoms with Crippen molar-refractivity contribution in [2.75, 3.05) is 14.2 Å². The van der Waals surface area contributed by atoms with Gasteiger partial charge in [0.15, 0.2) is 0 Å². The average Bonchev–Trinajstić information content (AvgIpc) is 2.27. The van der Waals surface area contributed by atoms with Gasteiger partial charge in [0, 0.05) is 13.1 Å². The van der Waals surface area contributed by atoms with Gasteiger partial charge < -0.3 is 9.64 Å². The average molecular weight is 199 g/mol. The molecule has 1 rings (SSSR count). The van der Waals surface area contributed by atoms with E-state index in [1.54, 1.807) is 4.90 Å². The summed E-state index contributed by atoms with van der Waals surface area (Å²) in [4.78, 5) is 13.0. The number of carbonyl (C=O) groups excluding carboxylic acids is 1. The lowest BCUT2D eigenvalue weighted by Gasteiger charge is -2.33. The lowest BCUT2D eigenvalue weighted by Crippen LogP contribution is -2.39. The summed E-state index contributed by atoms with van der Waals surface area (Å²) in [7, 11) is 3.28. The molecular weight excluding hydrogens is 178 g/mol. The molecule has 3 nitrogen and oxygen atoms in total. The van der Waals surface area contributed by atoms with E-state index >= 15 is 0 Å². The van der Waals surface area contributed by atoms with Crippen molar-refractivity contribution in [3.05, 3.63) is 0 Å². The number of nitrogens with zero attached hydrogens (tertiary/aromatic N) is 1. The molecule has 1 aliphatic carbocycles. The zero-order valence-corrected chi connectivity index (χ0v) is 9.45. The van der Waals surface area contributed by atoms with E-state index in [0.717, 1.165) is 18.8 Å². The third kappa shape index (κ3) is 2.63. The van der Waals surface area contributed by atoms with Crippen molar-refractivity contribution >= 4 is 6.09 Å². The molecular formula is C11H21NO2. The van der Waals surface area contributed by atoms with Crippen molar-refractivity contribution in [3.63, 3.8) is 0 Å². The van der Waals surface area contributed by atoms with Gasteiger partial charge in [-0.2, -0.15) is 0 Å². The summed E-state index contributed by atoms with van der Waals surface area (Å²) in [6.07, 6.45) is 5.83. The van der Waals surface area contributed by atoms with Crippen LogP contribution in [0, 0.1) is 5.92 Å². The monoisotopic (exact) mass is 199 g/mol. The fourth-order valence-electron chi connectivity index (χ4n) is 2.23. The van der Waals surface area contributed by atoms with Crippen molar-refractivity contribution in [1.82, 2.24) is 4.90 Å². The van der Waals surface area contributed by atoms with E-state index in [-0.39, 0.29) is 6.09 Å². The summed E-state index contributed by atoms with van der Waals surface area (Å²) in [6, 6.07) is 0.394. The normalized spacial score (nSPS) is 27.1. The Labute approximate surface area is 86.4 Å². The van der Waals surface area contributed by atoms with Crippen LogP contribution in [-0.4, -0.2) is 31.2 Å². The minimum absolute atomic E-state index is 0.204. The second-order valence-electron chi connectivity index (χ2n) is 4.16. The first kappa shape index (κ1) is 11.3. The molecule has 0 unspecified atom stereocenters. The maximum Gasteiger partial charge on any atom is 0.409 e. The SMILES string of the molecule is CCC1CCC(N(C)C(=O)OC)CC1. The Kier molecular flexibility index (Phi) is 4.23. The van der Waals surface area contributed by atoms with E-state index in [1.165, 1.54) is 26.4 Å². The lowest BCUT2D eigenvalue weighted by molar-refractivity contribution is 0.101. The van der Waals surface area contributed by atoms with Gasteiger partial charge >= 0.3 is 6.09 Å². The summed E-state index contributed by atoms with van der Waals surface area (Å²) in [6.45, 7) is 2.25. The van der Waals surface area contributed by atoms with Crippen LogP contribution >= 0.6 is 0 Å². The van der Waals surface area contributed by atoms with Crippen LogP contribution in [0.1, 0.15) is 39.0 Å². The van der Waals surface area contributed by atoms with E-state index in [4.69, 9.17) is 4.74 Å². The molecule has 0 aromatic rings. The van der Waals surface area contributed by atoms with Crippen molar-refractivity contribution in [2.45, 2.75) is 45.1 Å². The summed E-state index contributed by atoms with van der Waals surface area (Å²) in [5.74, 6) is 0.872. The Morgan fingerprint density at radius 1 is 1.36 bits per heavy atom. The quantitative estimate of drug-likeness (QED) is 0.684. The predicted octanol–water partition coefficient (Wildman–Crippen LogP) is 2.65. The van der Waals surface area contributed by atoms with E-state index < -0.39 is 0 Å². The molecule has 0 heterocycles. The fraction of sp³-hybridized carbons (Fsp3) is 0.909. The summed E-state index contributed by atoms with van der Waals surface area (Å²) in [5.41, 5.74) is 0. The van der Waals surface area contributed by atoms with Gasteiger partial charge in [0.05, 0.1) is 7.11 Å². The van der Waals surface area contributed by atoms with E-state index in [0.29, 0.717) is 6.04 Å². The molecule has 0 spiro atoms. The van der Waals surface area contributed by atoms with E-state index in [2.05, 4.69) is 6.92 Å². The maximum atomic E-state index is 11.3. The zero-order chi connectivity index (χ0) is 10.6. The topological polar surface area (TPSA) is 29.5 Å². The maximum absolute atomic E-state index is 11.3. The number of hydrogen-bond acceptors (Lipinski definition) is 2. The second kappa shape index (κ2) is 5.23. The zero-order valence-electron chi connectivity index (χ0n) is 9.45. The Morgan fingerprint density at radius 3 is 2.36 bits per heavy atom. The van der Waals surface area contributed by atoms with E-state index in [9.17, 15) is 4.79 Å². The number of carbonyl (C=O) groups is 1. The standard InChI is InChI=1S/C11H21NO2/c1-4-9-5-7-10(8-6-9)12(2)11(13)14-3/h9-10H,4-8H2,1-3H3. The first-order valence-corrected chi connectivity index (χ1v) is 5.49. The van der Waals surface area contributed by atoms with Crippen LogP contribution < -0.4 is 0 Å². The molecule has 1 aliphatic rings. The Balaban J connectivity index is 2.37. The molecule has 1 fully saturated rings. The van der Waals surface area contributed by atoms with Crippen molar-refractivity contribution in [1.29, 1.82) is 0 Å². The molecule has 1 amide bonds. The van der Waals surface area contributed by atoms with E-state index in [1.807, 2.05) is 7.05 Å². The van der Waals surface area contributed by atoms with Crippen molar-refractivity contribution in [3.8, 4) is 0 Å². The largest absolute Gasteiger partial charge is 0.453 e. The summed E-state index contributed by atoms with van der Waals surface area (Å²) in [5, 5.41) is 0. The molecule has 0 aromatic heterocycles. The number of rotatable bonds is 2. The van der Waals surface area contributed by atoms with Crippen LogP contribution in [0.25, 0.3) is 0 Å². The van der Waals surface area contributed by atoms with Gasteiger partial charge in [-0.15, -0.1) is 0 Å². The Hall–Kier alpha value is -0.730. The number of ether oxygens (including phenoxy) is 1. The molecule has 0 saturated heterocycles. The Morgan fingerprint density at radius 2 is 1.93 bits per heavy atom. The number of amides is 1. The molecule has 14 heavy (non-hydrogen) atoms. The van der Waals surface area contributed by atoms with Gasteiger partial charge in [0.25, 0.3) is 0 Å². The highest BCUT2D eigenvalue weighted by Crippen LogP contribution is 2.28. The first-order chi connectivity index (χ1) is 6.69. The van der Waals surface area contributed by atoms with Gasteiger partial charge in [-0.1, -0.05) is 13.3 Å². The summed E-state index contributed by atoms with van der Waals surface area (Å²) >= 11 is 0. The van der Waals surface area contributed by atoms with Gasteiger partial charge in [0.2, 0.25) is 0 Å². The highest BCUT2D eigenvalue weighted by molar-refractivity contribution is 5.67. The smallest absolute Gasteiger partial charge is 0.409 e. The van der Waals surface area contributed by atoms with Crippen LogP contribution in [0.3, 0.4) is 0 Å². The van der Waals surface area contributed by atoms with Gasteiger partial charge in [-0.05, 0) is 31.6 Å². The second-order valence-corrected chi connectivity index (χ2v) is 4.16. The molecule has 0 radical (unpaired) electrons. The number of methoxy groups -OCH3 is 1. The molecule has 0 aromatic carbocycles. The lowest BCUT2D eigenvalue weighted by atomic mass is 9.84. The van der Waals surface area contributed by atoms with Crippen LogP contribution in [-0.2, 0) is 4.74 Å². The summed E-state index contributed by atoms with van der Waals surface area (Å²) < 4.78 is 4.71. The molecule has 0 N–H and O–H groups in total. The minimum Gasteiger partial charge on any atom is -0.453 e. The molecule has 0 atom stereocenters. The first-order valence-electron chi connectivity index (χ1n) is 5.49. The third-order valence-corrected chi connectivity index (χ3v) is 3.40. The molecule has 3 heteroatoms. The van der Waals surface area contributed by atoms with Gasteiger partial charge in [-0.3, -0.25) is 0 Å². The van der Waals surface area contributed by atoms with Gasteiger partial charge in [0.1, 0.15) is 0 Å². The van der Waals surface area contributed by atoms with Crippen molar-refractivity contribution in [2.24, 2.45) is 5.92 Å². The molecule has 1 saturated carbocycles. The molecule has 0 bridgehead atoms. The van der Waals surface area contributed by atoms with Crippen LogP contribution in [0.5, 0.6) is 0 Å². The third-order valence-electron chi connectivity index (χ3n) is 3.40. The minimum atomic E-state index is -0.204.